The van der Waals surface area contributed by atoms with Crippen molar-refractivity contribution in [2.45, 2.75) is 51.0 Å². The molecule has 4 N–H and O–H groups in total. The molecule has 0 aromatic carbocycles. The van der Waals surface area contributed by atoms with Gasteiger partial charge in [-0.15, -0.1) is 0 Å². The highest BCUT2D eigenvalue weighted by molar-refractivity contribution is 4.96. The minimum Gasteiger partial charge on any atom is -0.330 e. The molecule has 0 radical (unpaired) electrons. The Kier molecular flexibility index (Phi) is 2.97. The van der Waals surface area contributed by atoms with Crippen molar-refractivity contribution in [1.29, 1.82) is 0 Å². The van der Waals surface area contributed by atoms with Gasteiger partial charge in [0.25, 0.3) is 0 Å². The van der Waals surface area contributed by atoms with E-state index < -0.39 is 0 Å². The summed E-state index contributed by atoms with van der Waals surface area (Å²) >= 11 is 0. The van der Waals surface area contributed by atoms with Crippen LogP contribution in [0.1, 0.15) is 44.9 Å². The van der Waals surface area contributed by atoms with E-state index >= 15 is 0 Å². The molecule has 2 nitrogen and oxygen atoms in total. The summed E-state index contributed by atoms with van der Waals surface area (Å²) in [6.07, 6.45) is 9.77. The molecule has 0 amide bonds. The lowest BCUT2D eigenvalue weighted by Crippen LogP contribution is -2.40. The third kappa shape index (κ3) is 1.80. The van der Waals surface area contributed by atoms with Gasteiger partial charge in [0.2, 0.25) is 0 Å². The topological polar surface area (TPSA) is 52.0 Å². The molecule has 3 aliphatic carbocycles. The first-order valence-electron chi connectivity index (χ1n) is 7.23. The van der Waals surface area contributed by atoms with Crippen LogP contribution >= 0.6 is 0 Å². The molecule has 0 saturated heterocycles. The lowest BCUT2D eigenvalue weighted by atomic mass is 9.62. The number of hydrogen-bond acceptors (Lipinski definition) is 2. The SMILES string of the molecule is NCC1CCC2CC3CC(N)CCC3CC12. The molecule has 6 atom stereocenters. The normalized spacial score (nSPS) is 52.1. The Morgan fingerprint density at radius 2 is 1.62 bits per heavy atom. The molecule has 0 aliphatic heterocycles. The van der Waals surface area contributed by atoms with Gasteiger partial charge in [-0.3, -0.25) is 0 Å². The van der Waals surface area contributed by atoms with Crippen LogP contribution in [0.3, 0.4) is 0 Å². The van der Waals surface area contributed by atoms with Crippen molar-refractivity contribution >= 4 is 0 Å². The zero-order valence-corrected chi connectivity index (χ0v) is 10.3. The lowest BCUT2D eigenvalue weighted by Gasteiger charge is -2.44. The summed E-state index contributed by atoms with van der Waals surface area (Å²) in [6.45, 7) is 0.929. The Balaban J connectivity index is 1.69. The first-order valence-corrected chi connectivity index (χ1v) is 7.23. The van der Waals surface area contributed by atoms with Gasteiger partial charge in [0, 0.05) is 6.04 Å². The number of hydrogen-bond donors (Lipinski definition) is 2. The number of fused-ring (bicyclic) bond motifs is 2. The van der Waals surface area contributed by atoms with Crippen LogP contribution in [-0.4, -0.2) is 12.6 Å². The maximum absolute atomic E-state index is 6.11. The fourth-order valence-corrected chi connectivity index (χ4v) is 4.91. The monoisotopic (exact) mass is 222 g/mol. The Morgan fingerprint density at radius 1 is 0.812 bits per heavy atom. The summed E-state index contributed by atoms with van der Waals surface area (Å²) in [4.78, 5) is 0. The lowest BCUT2D eigenvalue weighted by molar-refractivity contribution is 0.0714. The van der Waals surface area contributed by atoms with Crippen LogP contribution in [0, 0.1) is 29.6 Å². The highest BCUT2D eigenvalue weighted by Crippen LogP contribution is 2.52. The Morgan fingerprint density at radius 3 is 2.44 bits per heavy atom. The zero-order valence-electron chi connectivity index (χ0n) is 10.3. The van der Waals surface area contributed by atoms with E-state index in [4.69, 9.17) is 11.5 Å². The van der Waals surface area contributed by atoms with Gasteiger partial charge in [-0.2, -0.15) is 0 Å². The standard InChI is InChI=1S/C14H26N2/c15-8-11-2-1-10-5-12-6-13(16)4-3-9(12)7-14(10)11/h9-14H,1-8,15-16H2. The maximum atomic E-state index is 6.11. The molecule has 0 aromatic rings. The van der Waals surface area contributed by atoms with Crippen molar-refractivity contribution in [3.05, 3.63) is 0 Å². The van der Waals surface area contributed by atoms with E-state index in [2.05, 4.69) is 0 Å². The highest BCUT2D eigenvalue weighted by atomic mass is 14.7. The van der Waals surface area contributed by atoms with Gasteiger partial charge in [-0.1, -0.05) is 0 Å². The van der Waals surface area contributed by atoms with E-state index in [9.17, 15) is 0 Å². The first-order chi connectivity index (χ1) is 7.78. The van der Waals surface area contributed by atoms with Crippen LogP contribution in [0.15, 0.2) is 0 Å². The molecule has 0 bridgehead atoms. The second-order valence-corrected chi connectivity index (χ2v) is 6.56. The third-order valence-corrected chi connectivity index (χ3v) is 5.78. The van der Waals surface area contributed by atoms with E-state index in [0.29, 0.717) is 6.04 Å². The summed E-state index contributed by atoms with van der Waals surface area (Å²) in [5.74, 6) is 4.77. The highest BCUT2D eigenvalue weighted by Gasteiger charge is 2.44. The van der Waals surface area contributed by atoms with E-state index in [1.807, 2.05) is 0 Å². The molecule has 92 valence electrons. The molecule has 0 aromatic heterocycles. The number of rotatable bonds is 1. The van der Waals surface area contributed by atoms with Crippen molar-refractivity contribution < 1.29 is 0 Å². The molecule has 16 heavy (non-hydrogen) atoms. The molecular weight excluding hydrogens is 196 g/mol. The molecule has 0 heterocycles. The summed E-state index contributed by atoms with van der Waals surface area (Å²) in [7, 11) is 0. The molecule has 6 unspecified atom stereocenters. The van der Waals surface area contributed by atoms with Crippen molar-refractivity contribution in [1.82, 2.24) is 0 Å². The second kappa shape index (κ2) is 4.30. The summed E-state index contributed by atoms with van der Waals surface area (Å²) in [6, 6.07) is 0.504. The average Bonchev–Trinajstić information content (AvgIpc) is 2.68. The molecule has 3 saturated carbocycles. The van der Waals surface area contributed by atoms with Crippen molar-refractivity contribution in [3.8, 4) is 0 Å². The Labute approximate surface area is 99.1 Å². The van der Waals surface area contributed by atoms with Crippen LogP contribution in [-0.2, 0) is 0 Å². The predicted octanol–water partition coefficient (Wildman–Crippen LogP) is 2.12. The fraction of sp³-hybridized carbons (Fsp3) is 1.00. The minimum absolute atomic E-state index is 0.504. The van der Waals surface area contributed by atoms with Gasteiger partial charge >= 0.3 is 0 Å². The first kappa shape index (κ1) is 11.0. The van der Waals surface area contributed by atoms with Crippen LogP contribution in [0.4, 0.5) is 0 Å². The zero-order chi connectivity index (χ0) is 11.1. The van der Waals surface area contributed by atoms with E-state index in [-0.39, 0.29) is 0 Å². The van der Waals surface area contributed by atoms with Gasteiger partial charge in [0.05, 0.1) is 0 Å². The van der Waals surface area contributed by atoms with Gasteiger partial charge < -0.3 is 11.5 Å². The van der Waals surface area contributed by atoms with Gasteiger partial charge in [0.15, 0.2) is 0 Å². The van der Waals surface area contributed by atoms with E-state index in [1.165, 1.54) is 44.9 Å². The Hall–Kier alpha value is -0.0800. The van der Waals surface area contributed by atoms with Crippen molar-refractivity contribution in [3.63, 3.8) is 0 Å². The van der Waals surface area contributed by atoms with Gasteiger partial charge in [-0.25, -0.2) is 0 Å². The quantitative estimate of drug-likeness (QED) is 0.714. The second-order valence-electron chi connectivity index (χ2n) is 6.56. The summed E-state index contributed by atoms with van der Waals surface area (Å²) < 4.78 is 0. The molecule has 0 spiro atoms. The van der Waals surface area contributed by atoms with E-state index in [1.54, 1.807) is 0 Å². The van der Waals surface area contributed by atoms with Crippen LogP contribution in [0.25, 0.3) is 0 Å². The van der Waals surface area contributed by atoms with E-state index in [0.717, 1.165) is 36.1 Å². The van der Waals surface area contributed by atoms with Crippen LogP contribution in [0.2, 0.25) is 0 Å². The molecule has 2 heteroatoms. The predicted molar refractivity (Wildman–Crippen MR) is 66.8 cm³/mol. The molecule has 3 rings (SSSR count). The van der Waals surface area contributed by atoms with Crippen LogP contribution < -0.4 is 11.5 Å². The summed E-state index contributed by atoms with van der Waals surface area (Å²) in [5, 5.41) is 0. The summed E-state index contributed by atoms with van der Waals surface area (Å²) in [5.41, 5.74) is 12.0. The molecule has 3 aliphatic rings. The van der Waals surface area contributed by atoms with Gasteiger partial charge in [-0.05, 0) is 81.1 Å². The Bertz CT molecular complexity index is 253. The smallest absolute Gasteiger partial charge is 0.00416 e. The van der Waals surface area contributed by atoms with Crippen molar-refractivity contribution in [2.24, 2.45) is 41.1 Å². The molecule has 3 fully saturated rings. The van der Waals surface area contributed by atoms with Crippen LogP contribution in [0.5, 0.6) is 0 Å². The van der Waals surface area contributed by atoms with Gasteiger partial charge in [0.1, 0.15) is 0 Å². The van der Waals surface area contributed by atoms with Crippen molar-refractivity contribution in [2.75, 3.05) is 6.54 Å². The number of nitrogens with two attached hydrogens (primary N) is 2. The largest absolute Gasteiger partial charge is 0.330 e. The third-order valence-electron chi connectivity index (χ3n) is 5.78. The average molecular weight is 222 g/mol. The maximum Gasteiger partial charge on any atom is 0.00416 e. The minimum atomic E-state index is 0.504. The molecular formula is C14H26N2. The fourth-order valence-electron chi connectivity index (χ4n) is 4.91.